The average Bonchev–Trinajstić information content (AvgIpc) is 2.67. The predicted octanol–water partition coefficient (Wildman–Crippen LogP) is 3.08. The van der Waals surface area contributed by atoms with Crippen LogP contribution in [0.1, 0.15) is 51.0 Å². The molecule has 0 aliphatic rings. The Morgan fingerprint density at radius 2 is 1.21 bits per heavy atom. The standard InChI is InChI=1S/C11H15NO2.C9H13NO.C2H3ClO/c1-8(12-9(2)13)11(14)10-6-4-3-5-7-10;1-7(10)9(11)8-5-3-2-4-6-8;1-2(3)4/h3-8,11,14H,1-2H3,(H,12,13);2-7,9,11H,10H2,1H3;1H3/t8-,11-;7-,9-;/m00./s1. The van der Waals surface area contributed by atoms with Crippen molar-refractivity contribution in [2.75, 3.05) is 0 Å². The third-order valence-electron chi connectivity index (χ3n) is 3.68. The lowest BCUT2D eigenvalue weighted by molar-refractivity contribution is -0.120. The molecule has 7 heteroatoms. The topological polar surface area (TPSA) is 113 Å². The molecule has 1 amide bonds. The van der Waals surface area contributed by atoms with Crippen LogP contribution < -0.4 is 11.1 Å². The number of benzene rings is 2. The van der Waals surface area contributed by atoms with Crippen LogP contribution in [0.5, 0.6) is 0 Å². The van der Waals surface area contributed by atoms with Crippen LogP contribution in [-0.4, -0.2) is 33.4 Å². The number of halogens is 1. The van der Waals surface area contributed by atoms with E-state index in [-0.39, 0.29) is 23.2 Å². The summed E-state index contributed by atoms with van der Waals surface area (Å²) in [6.07, 6.45) is -1.20. The Kier molecular flexibility index (Phi) is 13.6. The van der Waals surface area contributed by atoms with Crippen LogP contribution in [0.4, 0.5) is 0 Å². The van der Waals surface area contributed by atoms with Crippen molar-refractivity contribution in [3.8, 4) is 0 Å². The highest BCUT2D eigenvalue weighted by atomic mass is 35.5. The number of rotatable bonds is 5. The summed E-state index contributed by atoms with van der Waals surface area (Å²) < 4.78 is 0. The molecule has 2 aromatic rings. The van der Waals surface area contributed by atoms with Crippen molar-refractivity contribution in [1.82, 2.24) is 5.32 Å². The second-order valence-corrected chi connectivity index (χ2v) is 7.06. The summed E-state index contributed by atoms with van der Waals surface area (Å²) in [7, 11) is 0. The summed E-state index contributed by atoms with van der Waals surface area (Å²) in [6.45, 7) is 6.30. The van der Waals surface area contributed by atoms with Crippen molar-refractivity contribution < 1.29 is 19.8 Å². The molecule has 0 saturated carbocycles. The zero-order valence-corrected chi connectivity index (χ0v) is 18.0. The van der Waals surface area contributed by atoms with Crippen LogP contribution in [0.25, 0.3) is 0 Å². The van der Waals surface area contributed by atoms with E-state index in [4.69, 9.17) is 5.73 Å². The van der Waals surface area contributed by atoms with Crippen LogP contribution in [-0.2, 0) is 9.59 Å². The zero-order chi connectivity index (χ0) is 22.4. The monoisotopic (exact) mass is 422 g/mol. The van der Waals surface area contributed by atoms with E-state index >= 15 is 0 Å². The van der Waals surface area contributed by atoms with Crippen LogP contribution in [0.3, 0.4) is 0 Å². The molecule has 4 atom stereocenters. The van der Waals surface area contributed by atoms with Crippen LogP contribution in [0.2, 0.25) is 0 Å². The van der Waals surface area contributed by atoms with Crippen LogP contribution in [0, 0.1) is 0 Å². The highest BCUT2D eigenvalue weighted by Crippen LogP contribution is 2.15. The third-order valence-corrected chi connectivity index (χ3v) is 3.68. The molecule has 0 spiro atoms. The van der Waals surface area contributed by atoms with Gasteiger partial charge in [-0.3, -0.25) is 9.59 Å². The van der Waals surface area contributed by atoms with Crippen molar-refractivity contribution in [2.45, 2.75) is 52.0 Å². The van der Waals surface area contributed by atoms with Crippen molar-refractivity contribution in [3.63, 3.8) is 0 Å². The Balaban J connectivity index is 0.000000466. The van der Waals surface area contributed by atoms with E-state index in [0.29, 0.717) is 0 Å². The van der Waals surface area contributed by atoms with Gasteiger partial charge in [0, 0.05) is 19.9 Å². The lowest BCUT2D eigenvalue weighted by Crippen LogP contribution is -2.35. The molecule has 0 unspecified atom stereocenters. The molecule has 29 heavy (non-hydrogen) atoms. The fourth-order valence-corrected chi connectivity index (χ4v) is 2.29. The van der Waals surface area contributed by atoms with Crippen LogP contribution >= 0.6 is 11.6 Å². The minimum atomic E-state index is -0.653. The van der Waals surface area contributed by atoms with Gasteiger partial charge in [-0.2, -0.15) is 0 Å². The summed E-state index contributed by atoms with van der Waals surface area (Å²) in [5.74, 6) is -0.132. The van der Waals surface area contributed by atoms with E-state index in [1.165, 1.54) is 13.8 Å². The van der Waals surface area contributed by atoms with Gasteiger partial charge < -0.3 is 21.3 Å². The van der Waals surface area contributed by atoms with Gasteiger partial charge in [0.15, 0.2) is 0 Å². The summed E-state index contributed by atoms with van der Waals surface area (Å²) in [6, 6.07) is 18.2. The minimum Gasteiger partial charge on any atom is -0.387 e. The van der Waals surface area contributed by atoms with Crippen molar-refractivity contribution in [2.24, 2.45) is 5.73 Å². The number of nitrogens with one attached hydrogen (secondary N) is 1. The number of aliphatic hydroxyl groups excluding tert-OH is 2. The Morgan fingerprint density at radius 3 is 1.52 bits per heavy atom. The summed E-state index contributed by atoms with van der Waals surface area (Å²) in [4.78, 5) is 20.0. The van der Waals surface area contributed by atoms with E-state index < -0.39 is 12.2 Å². The maximum Gasteiger partial charge on any atom is 0.218 e. The van der Waals surface area contributed by atoms with Crippen molar-refractivity contribution in [1.29, 1.82) is 0 Å². The molecule has 2 rings (SSSR count). The van der Waals surface area contributed by atoms with Crippen LogP contribution in [0.15, 0.2) is 60.7 Å². The van der Waals surface area contributed by atoms with Crippen molar-refractivity contribution in [3.05, 3.63) is 71.8 Å². The zero-order valence-electron chi connectivity index (χ0n) is 17.2. The number of carbonyl (C=O) groups excluding carboxylic acids is 2. The lowest BCUT2D eigenvalue weighted by Gasteiger charge is -2.19. The molecule has 0 bridgehead atoms. The number of aliphatic hydroxyl groups is 2. The third kappa shape index (κ3) is 12.8. The molecular formula is C22H31ClN2O4. The molecule has 0 fully saturated rings. The van der Waals surface area contributed by atoms with Gasteiger partial charge in [-0.15, -0.1) is 0 Å². The van der Waals surface area contributed by atoms with Gasteiger partial charge in [0.1, 0.15) is 0 Å². The predicted molar refractivity (Wildman–Crippen MR) is 116 cm³/mol. The molecule has 0 saturated heterocycles. The van der Waals surface area contributed by atoms with Gasteiger partial charge in [0.25, 0.3) is 0 Å². The number of hydrogen-bond acceptors (Lipinski definition) is 5. The largest absolute Gasteiger partial charge is 0.387 e. The van der Waals surface area contributed by atoms with Gasteiger partial charge in [-0.05, 0) is 36.6 Å². The first-order chi connectivity index (χ1) is 13.6. The fraction of sp³-hybridized carbons (Fsp3) is 0.364. The maximum absolute atomic E-state index is 10.8. The number of amides is 1. The first kappa shape index (κ1) is 26.8. The van der Waals surface area contributed by atoms with Gasteiger partial charge in [-0.25, -0.2) is 0 Å². The van der Waals surface area contributed by atoms with E-state index in [0.717, 1.165) is 11.1 Å². The first-order valence-electron chi connectivity index (χ1n) is 9.21. The molecule has 0 radical (unpaired) electrons. The summed E-state index contributed by atoms with van der Waals surface area (Å²) in [5, 5.41) is 21.6. The molecule has 2 aromatic carbocycles. The smallest absolute Gasteiger partial charge is 0.218 e. The minimum absolute atomic E-state index is 0.132. The molecule has 6 nitrogen and oxygen atoms in total. The average molecular weight is 423 g/mol. The maximum atomic E-state index is 10.8. The van der Waals surface area contributed by atoms with E-state index in [1.807, 2.05) is 60.7 Å². The highest BCUT2D eigenvalue weighted by molar-refractivity contribution is 6.62. The molecule has 5 N–H and O–H groups in total. The van der Waals surface area contributed by atoms with Crippen molar-refractivity contribution >= 4 is 22.8 Å². The number of carbonyl (C=O) groups is 2. The molecular weight excluding hydrogens is 392 g/mol. The Bertz CT molecular complexity index is 707. The molecule has 0 aliphatic heterocycles. The Morgan fingerprint density at radius 1 is 0.862 bits per heavy atom. The van der Waals surface area contributed by atoms with E-state index in [9.17, 15) is 19.8 Å². The first-order valence-corrected chi connectivity index (χ1v) is 9.58. The highest BCUT2D eigenvalue weighted by Gasteiger charge is 2.16. The second-order valence-electron chi connectivity index (χ2n) is 6.53. The lowest BCUT2D eigenvalue weighted by atomic mass is 10.0. The number of hydrogen-bond donors (Lipinski definition) is 4. The molecule has 0 aliphatic carbocycles. The van der Waals surface area contributed by atoms with Gasteiger partial charge in [-0.1, -0.05) is 60.7 Å². The number of nitrogens with two attached hydrogens (primary N) is 1. The molecule has 160 valence electrons. The Hall–Kier alpha value is -2.25. The second kappa shape index (κ2) is 14.7. The van der Waals surface area contributed by atoms with Gasteiger partial charge >= 0.3 is 0 Å². The SMILES string of the molecule is CC(=O)Cl.CC(=O)N[C@@H](C)[C@H](O)c1ccccc1.C[C@H](N)[C@H](O)c1ccccc1. The molecule has 0 aromatic heterocycles. The van der Waals surface area contributed by atoms with Gasteiger partial charge in [0.05, 0.1) is 18.2 Å². The summed E-state index contributed by atoms with van der Waals surface area (Å²) in [5.41, 5.74) is 7.21. The molecule has 0 heterocycles. The quantitative estimate of drug-likeness (QED) is 0.553. The fourth-order valence-electron chi connectivity index (χ4n) is 2.29. The normalized spacial score (nSPS) is 13.9. The summed E-state index contributed by atoms with van der Waals surface area (Å²) >= 11 is 4.64. The van der Waals surface area contributed by atoms with E-state index in [1.54, 1.807) is 13.8 Å². The van der Waals surface area contributed by atoms with Gasteiger partial charge in [0.2, 0.25) is 11.1 Å². The van der Waals surface area contributed by atoms with E-state index in [2.05, 4.69) is 16.9 Å². The Labute approximate surface area is 177 Å².